The van der Waals surface area contributed by atoms with Gasteiger partial charge in [-0.05, 0) is 58.7 Å². The van der Waals surface area contributed by atoms with Gasteiger partial charge in [0.1, 0.15) is 5.54 Å². The van der Waals surface area contributed by atoms with E-state index in [0.29, 0.717) is 12.0 Å². The molecule has 1 unspecified atom stereocenters. The lowest BCUT2D eigenvalue weighted by Crippen LogP contribution is -2.49. The lowest BCUT2D eigenvalue weighted by Gasteiger charge is -2.28. The number of nitrogens with zero attached hydrogens (tertiary/aromatic N) is 1. The van der Waals surface area contributed by atoms with Gasteiger partial charge in [0.25, 0.3) is 0 Å². The summed E-state index contributed by atoms with van der Waals surface area (Å²) in [5.74, 6) is -0.140. The van der Waals surface area contributed by atoms with Crippen molar-refractivity contribution in [3.63, 3.8) is 0 Å². The number of carbonyl (C=O) groups excluding carboxylic acids is 1. The quantitative estimate of drug-likeness (QED) is 0.719. The number of likely N-dealkylation sites (tertiary alicyclic amines) is 1. The van der Waals surface area contributed by atoms with Gasteiger partial charge in [-0.2, -0.15) is 0 Å². The minimum absolute atomic E-state index is 0.140. The lowest BCUT2D eigenvalue weighted by molar-refractivity contribution is -0.150. The molecule has 0 radical (unpaired) electrons. The van der Waals surface area contributed by atoms with Gasteiger partial charge in [-0.15, -0.1) is 0 Å². The molecule has 1 N–H and O–H groups in total. The third-order valence-electron chi connectivity index (χ3n) is 4.19. The Kier molecular flexibility index (Phi) is 5.81. The van der Waals surface area contributed by atoms with E-state index in [1.807, 2.05) is 20.9 Å². The predicted octanol–water partition coefficient (Wildman–Crippen LogP) is 2.04. The molecule has 1 fully saturated rings. The van der Waals surface area contributed by atoms with Crippen LogP contribution in [0.5, 0.6) is 0 Å². The molecule has 0 saturated carbocycles. The van der Waals surface area contributed by atoms with E-state index in [4.69, 9.17) is 4.74 Å². The van der Waals surface area contributed by atoms with Crippen molar-refractivity contribution in [2.24, 2.45) is 5.41 Å². The van der Waals surface area contributed by atoms with E-state index in [2.05, 4.69) is 24.1 Å². The first-order valence-electron chi connectivity index (χ1n) is 7.41. The van der Waals surface area contributed by atoms with Crippen LogP contribution in [0.3, 0.4) is 0 Å². The molecule has 1 saturated heterocycles. The van der Waals surface area contributed by atoms with E-state index in [-0.39, 0.29) is 5.97 Å². The zero-order chi connectivity index (χ0) is 14.5. The van der Waals surface area contributed by atoms with Crippen molar-refractivity contribution in [2.45, 2.75) is 52.5 Å². The van der Waals surface area contributed by atoms with Crippen LogP contribution < -0.4 is 5.32 Å². The van der Waals surface area contributed by atoms with Crippen LogP contribution in [0.25, 0.3) is 0 Å². The largest absolute Gasteiger partial charge is 0.465 e. The van der Waals surface area contributed by atoms with Gasteiger partial charge in [0, 0.05) is 6.54 Å². The number of nitrogens with one attached hydrogen (secondary N) is 1. The summed E-state index contributed by atoms with van der Waals surface area (Å²) in [7, 11) is 1.83. The Bertz CT molecular complexity index is 305. The molecule has 19 heavy (non-hydrogen) atoms. The van der Waals surface area contributed by atoms with E-state index >= 15 is 0 Å². The number of likely N-dealkylation sites (N-methyl/N-ethyl adjacent to an activating group) is 1. The van der Waals surface area contributed by atoms with Gasteiger partial charge in [-0.1, -0.05) is 13.8 Å². The van der Waals surface area contributed by atoms with Gasteiger partial charge in [0.2, 0.25) is 0 Å². The van der Waals surface area contributed by atoms with E-state index in [0.717, 1.165) is 19.4 Å². The van der Waals surface area contributed by atoms with Crippen molar-refractivity contribution in [1.82, 2.24) is 10.2 Å². The van der Waals surface area contributed by atoms with Crippen molar-refractivity contribution >= 4 is 5.97 Å². The number of hydrogen-bond acceptors (Lipinski definition) is 4. The number of carbonyl (C=O) groups is 1. The highest BCUT2D eigenvalue weighted by atomic mass is 16.5. The molecule has 0 amide bonds. The van der Waals surface area contributed by atoms with Crippen molar-refractivity contribution in [1.29, 1.82) is 0 Å². The average molecular weight is 270 g/mol. The molecule has 0 spiro atoms. The SMILES string of the molecule is CCOC(=O)C(C)(CCCN1CCC(C)(C)C1)NC. The zero-order valence-corrected chi connectivity index (χ0v) is 13.2. The summed E-state index contributed by atoms with van der Waals surface area (Å²) in [5.41, 5.74) is -0.0985. The highest BCUT2D eigenvalue weighted by Crippen LogP contribution is 2.29. The van der Waals surface area contributed by atoms with E-state index in [9.17, 15) is 4.79 Å². The molecule has 1 aliphatic heterocycles. The average Bonchev–Trinajstić information content (AvgIpc) is 2.69. The van der Waals surface area contributed by atoms with Crippen LogP contribution in [0.1, 0.15) is 47.0 Å². The fourth-order valence-electron chi connectivity index (χ4n) is 2.69. The molecule has 1 aliphatic rings. The second-order valence-corrected chi connectivity index (χ2v) is 6.60. The fourth-order valence-corrected chi connectivity index (χ4v) is 2.69. The summed E-state index contributed by atoms with van der Waals surface area (Å²) in [5, 5.41) is 3.11. The third-order valence-corrected chi connectivity index (χ3v) is 4.19. The molecule has 1 rings (SSSR count). The van der Waals surface area contributed by atoms with Crippen LogP contribution >= 0.6 is 0 Å². The number of ether oxygens (including phenoxy) is 1. The molecule has 0 aromatic carbocycles. The summed E-state index contributed by atoms with van der Waals surface area (Å²) in [4.78, 5) is 14.4. The van der Waals surface area contributed by atoms with Crippen LogP contribution in [0.15, 0.2) is 0 Å². The Balaban J connectivity index is 2.36. The van der Waals surface area contributed by atoms with Crippen LogP contribution in [0.2, 0.25) is 0 Å². The standard InChI is InChI=1S/C15H30N2O2/c1-6-19-13(18)15(4,16-5)8-7-10-17-11-9-14(2,3)12-17/h16H,6-12H2,1-5H3. The normalized spacial score (nSPS) is 22.2. The Morgan fingerprint density at radius 2 is 2.16 bits per heavy atom. The summed E-state index contributed by atoms with van der Waals surface area (Å²) >= 11 is 0. The maximum absolute atomic E-state index is 11.9. The van der Waals surface area contributed by atoms with Crippen LogP contribution in [0, 0.1) is 5.41 Å². The first-order valence-corrected chi connectivity index (χ1v) is 7.41. The molecular weight excluding hydrogens is 240 g/mol. The van der Waals surface area contributed by atoms with E-state index in [1.54, 1.807) is 0 Å². The summed E-state index contributed by atoms with van der Waals surface area (Å²) in [6, 6.07) is 0. The van der Waals surface area contributed by atoms with Gasteiger partial charge < -0.3 is 15.0 Å². The minimum Gasteiger partial charge on any atom is -0.465 e. The third kappa shape index (κ3) is 4.77. The van der Waals surface area contributed by atoms with E-state index in [1.165, 1.54) is 19.5 Å². The highest BCUT2D eigenvalue weighted by molar-refractivity contribution is 5.80. The van der Waals surface area contributed by atoms with Gasteiger partial charge >= 0.3 is 5.97 Å². The number of rotatable bonds is 7. The molecule has 1 heterocycles. The van der Waals surface area contributed by atoms with Crippen LogP contribution in [-0.4, -0.2) is 49.7 Å². The Hall–Kier alpha value is -0.610. The first kappa shape index (κ1) is 16.4. The fraction of sp³-hybridized carbons (Fsp3) is 0.933. The smallest absolute Gasteiger partial charge is 0.326 e. The topological polar surface area (TPSA) is 41.6 Å². The maximum atomic E-state index is 11.9. The summed E-state index contributed by atoms with van der Waals surface area (Å²) < 4.78 is 5.14. The Morgan fingerprint density at radius 1 is 1.47 bits per heavy atom. The van der Waals surface area contributed by atoms with Crippen molar-refractivity contribution in [3.05, 3.63) is 0 Å². The second kappa shape index (κ2) is 6.71. The van der Waals surface area contributed by atoms with Crippen LogP contribution in [-0.2, 0) is 9.53 Å². The van der Waals surface area contributed by atoms with Crippen LogP contribution in [0.4, 0.5) is 0 Å². The molecule has 1 atom stereocenters. The predicted molar refractivity (Wildman–Crippen MR) is 78.2 cm³/mol. The molecular formula is C15H30N2O2. The van der Waals surface area contributed by atoms with Gasteiger partial charge in [-0.3, -0.25) is 4.79 Å². The van der Waals surface area contributed by atoms with Crippen molar-refractivity contribution < 1.29 is 9.53 Å². The minimum atomic E-state index is -0.550. The van der Waals surface area contributed by atoms with Gasteiger partial charge in [-0.25, -0.2) is 0 Å². The monoisotopic (exact) mass is 270 g/mol. The highest BCUT2D eigenvalue weighted by Gasteiger charge is 2.33. The first-order chi connectivity index (χ1) is 8.83. The molecule has 4 heteroatoms. The van der Waals surface area contributed by atoms with Crippen molar-refractivity contribution in [2.75, 3.05) is 33.3 Å². The molecule has 4 nitrogen and oxygen atoms in total. The number of hydrogen-bond donors (Lipinski definition) is 1. The molecule has 0 aromatic heterocycles. The maximum Gasteiger partial charge on any atom is 0.326 e. The summed E-state index contributed by atoms with van der Waals surface area (Å²) in [6.45, 7) is 12.3. The molecule has 0 aliphatic carbocycles. The summed E-state index contributed by atoms with van der Waals surface area (Å²) in [6.07, 6.45) is 3.11. The molecule has 0 aromatic rings. The van der Waals surface area contributed by atoms with Gasteiger partial charge in [0.05, 0.1) is 6.61 Å². The second-order valence-electron chi connectivity index (χ2n) is 6.60. The van der Waals surface area contributed by atoms with Crippen molar-refractivity contribution in [3.8, 4) is 0 Å². The lowest BCUT2D eigenvalue weighted by atomic mass is 9.93. The molecule has 112 valence electrons. The molecule has 0 bridgehead atoms. The Morgan fingerprint density at radius 3 is 2.63 bits per heavy atom. The van der Waals surface area contributed by atoms with Gasteiger partial charge in [0.15, 0.2) is 0 Å². The Labute approximate surface area is 117 Å². The van der Waals surface area contributed by atoms with E-state index < -0.39 is 5.54 Å². The number of esters is 1. The zero-order valence-electron chi connectivity index (χ0n) is 13.2.